The number of hydrogen-bond donors (Lipinski definition) is 1. The molecular weight excluding hydrogens is 242 g/mol. The van der Waals surface area contributed by atoms with Gasteiger partial charge >= 0.3 is 0 Å². The Morgan fingerprint density at radius 3 is 2.47 bits per heavy atom. The highest BCUT2D eigenvalue weighted by molar-refractivity contribution is 7.91. The zero-order chi connectivity index (χ0) is 12.9. The number of hydrogen-bond acceptors (Lipinski definition) is 5. The molecule has 5 nitrogen and oxygen atoms in total. The largest absolute Gasteiger partial charge is 0.388 e. The van der Waals surface area contributed by atoms with Crippen molar-refractivity contribution in [2.45, 2.75) is 25.4 Å². The first-order valence-electron chi connectivity index (χ1n) is 6.06. The molecule has 0 spiro atoms. The molecule has 0 saturated carbocycles. The minimum Gasteiger partial charge on any atom is -0.388 e. The Bertz CT molecular complexity index is 322. The summed E-state index contributed by atoms with van der Waals surface area (Å²) >= 11 is 0. The Morgan fingerprint density at radius 2 is 1.94 bits per heavy atom. The van der Waals surface area contributed by atoms with E-state index >= 15 is 0 Å². The van der Waals surface area contributed by atoms with Crippen molar-refractivity contribution in [1.82, 2.24) is 4.90 Å². The standard InChI is InChI=1S/C11H23NO4S/c1-3-17(14,15)9-6-12(2)10-11(13)4-7-16-8-5-11/h13H,3-10H2,1-2H3. The molecule has 0 aliphatic carbocycles. The average Bonchev–Trinajstić information content (AvgIpc) is 2.27. The number of likely N-dealkylation sites (N-methyl/N-ethyl adjacent to an activating group) is 1. The quantitative estimate of drug-likeness (QED) is 0.726. The molecule has 0 bridgehead atoms. The second-order valence-electron chi connectivity index (χ2n) is 4.81. The SMILES string of the molecule is CCS(=O)(=O)CCN(C)CC1(O)CCOCC1. The molecule has 0 unspecified atom stereocenters. The Morgan fingerprint density at radius 1 is 1.35 bits per heavy atom. The lowest BCUT2D eigenvalue weighted by Gasteiger charge is -2.35. The summed E-state index contributed by atoms with van der Waals surface area (Å²) in [5.41, 5.74) is -0.719. The fraction of sp³-hybridized carbons (Fsp3) is 1.00. The smallest absolute Gasteiger partial charge is 0.151 e. The third-order valence-electron chi connectivity index (χ3n) is 3.21. The lowest BCUT2D eigenvalue weighted by Crippen LogP contribution is -2.46. The number of sulfone groups is 1. The first-order valence-corrected chi connectivity index (χ1v) is 7.88. The lowest BCUT2D eigenvalue weighted by molar-refractivity contribution is -0.0762. The van der Waals surface area contributed by atoms with Crippen molar-refractivity contribution in [3.8, 4) is 0 Å². The maximum atomic E-state index is 11.4. The van der Waals surface area contributed by atoms with E-state index in [0.717, 1.165) is 0 Å². The number of nitrogens with zero attached hydrogens (tertiary/aromatic N) is 1. The maximum absolute atomic E-state index is 11.4. The van der Waals surface area contributed by atoms with Crippen LogP contribution < -0.4 is 0 Å². The Balaban J connectivity index is 2.36. The van der Waals surface area contributed by atoms with E-state index < -0.39 is 15.4 Å². The molecule has 1 aliphatic rings. The van der Waals surface area contributed by atoms with Crippen LogP contribution in [0.3, 0.4) is 0 Å². The van der Waals surface area contributed by atoms with E-state index in [1.165, 1.54) is 0 Å². The van der Waals surface area contributed by atoms with Crippen LogP contribution in [0.2, 0.25) is 0 Å². The molecule has 0 atom stereocenters. The summed E-state index contributed by atoms with van der Waals surface area (Å²) in [6, 6.07) is 0. The number of aliphatic hydroxyl groups is 1. The van der Waals surface area contributed by atoms with Gasteiger partial charge < -0.3 is 14.7 Å². The van der Waals surface area contributed by atoms with Crippen molar-refractivity contribution >= 4 is 9.84 Å². The van der Waals surface area contributed by atoms with E-state index in [0.29, 0.717) is 39.1 Å². The van der Waals surface area contributed by atoms with Crippen LogP contribution in [-0.2, 0) is 14.6 Å². The van der Waals surface area contributed by atoms with E-state index in [2.05, 4.69) is 0 Å². The predicted octanol–water partition coefficient (Wildman–Crippen LogP) is -0.106. The van der Waals surface area contributed by atoms with E-state index in [1.807, 2.05) is 11.9 Å². The molecule has 1 fully saturated rings. The fourth-order valence-electron chi connectivity index (χ4n) is 1.93. The highest BCUT2D eigenvalue weighted by Crippen LogP contribution is 2.21. The topological polar surface area (TPSA) is 66.8 Å². The van der Waals surface area contributed by atoms with Gasteiger partial charge in [-0.15, -0.1) is 0 Å². The third-order valence-corrected chi connectivity index (χ3v) is 4.90. The monoisotopic (exact) mass is 265 g/mol. The van der Waals surface area contributed by atoms with Crippen LogP contribution in [0.5, 0.6) is 0 Å². The molecule has 102 valence electrons. The average molecular weight is 265 g/mol. The van der Waals surface area contributed by atoms with Gasteiger partial charge in [-0.2, -0.15) is 0 Å². The molecule has 0 aromatic rings. The summed E-state index contributed by atoms with van der Waals surface area (Å²) in [4.78, 5) is 1.89. The van der Waals surface area contributed by atoms with Gasteiger partial charge in [0.1, 0.15) is 0 Å². The van der Waals surface area contributed by atoms with Gasteiger partial charge in [-0.05, 0) is 7.05 Å². The van der Waals surface area contributed by atoms with Crippen molar-refractivity contribution in [3.05, 3.63) is 0 Å². The molecule has 0 amide bonds. The van der Waals surface area contributed by atoms with Crippen LogP contribution in [-0.4, -0.2) is 68.9 Å². The second kappa shape index (κ2) is 6.13. The van der Waals surface area contributed by atoms with Gasteiger partial charge in [0.25, 0.3) is 0 Å². The van der Waals surface area contributed by atoms with Crippen LogP contribution in [0.1, 0.15) is 19.8 Å². The molecule has 1 rings (SSSR count). The molecule has 0 radical (unpaired) electrons. The van der Waals surface area contributed by atoms with E-state index in [9.17, 15) is 13.5 Å². The van der Waals surface area contributed by atoms with Crippen molar-refractivity contribution < 1.29 is 18.3 Å². The van der Waals surface area contributed by atoms with Crippen LogP contribution in [0, 0.1) is 0 Å². The number of rotatable bonds is 6. The van der Waals surface area contributed by atoms with Crippen molar-refractivity contribution in [2.24, 2.45) is 0 Å². The van der Waals surface area contributed by atoms with E-state index in [1.54, 1.807) is 6.92 Å². The maximum Gasteiger partial charge on any atom is 0.151 e. The molecule has 6 heteroatoms. The number of ether oxygens (including phenoxy) is 1. The first-order chi connectivity index (χ1) is 7.87. The molecule has 17 heavy (non-hydrogen) atoms. The molecule has 1 N–H and O–H groups in total. The summed E-state index contributed by atoms with van der Waals surface area (Å²) < 4.78 is 27.9. The fourth-order valence-corrected chi connectivity index (χ4v) is 2.81. The van der Waals surface area contributed by atoms with Gasteiger partial charge in [-0.25, -0.2) is 8.42 Å². The molecule has 0 aromatic heterocycles. The van der Waals surface area contributed by atoms with E-state index in [4.69, 9.17) is 4.74 Å². The van der Waals surface area contributed by atoms with Crippen LogP contribution in [0.4, 0.5) is 0 Å². The molecule has 1 heterocycles. The second-order valence-corrected chi connectivity index (χ2v) is 7.28. The van der Waals surface area contributed by atoms with E-state index in [-0.39, 0.29) is 11.5 Å². The molecular formula is C11H23NO4S. The Hall–Kier alpha value is -0.170. The van der Waals surface area contributed by atoms with Gasteiger partial charge in [0.05, 0.1) is 11.4 Å². The van der Waals surface area contributed by atoms with Crippen molar-refractivity contribution in [2.75, 3.05) is 44.9 Å². The molecule has 1 saturated heterocycles. The van der Waals surface area contributed by atoms with Gasteiger partial charge in [-0.3, -0.25) is 0 Å². The summed E-state index contributed by atoms with van der Waals surface area (Å²) in [6.07, 6.45) is 1.25. The lowest BCUT2D eigenvalue weighted by atomic mass is 9.94. The Labute approximate surface area is 104 Å². The van der Waals surface area contributed by atoms with Gasteiger partial charge in [0.2, 0.25) is 0 Å². The minimum absolute atomic E-state index is 0.159. The van der Waals surface area contributed by atoms with Crippen LogP contribution in [0.25, 0.3) is 0 Å². The predicted molar refractivity (Wildman–Crippen MR) is 66.8 cm³/mol. The summed E-state index contributed by atoms with van der Waals surface area (Å²) in [6.45, 7) is 3.80. The highest BCUT2D eigenvalue weighted by atomic mass is 32.2. The highest BCUT2D eigenvalue weighted by Gasteiger charge is 2.31. The van der Waals surface area contributed by atoms with Crippen molar-refractivity contribution in [3.63, 3.8) is 0 Å². The van der Waals surface area contributed by atoms with Crippen molar-refractivity contribution in [1.29, 1.82) is 0 Å². The third kappa shape index (κ3) is 5.33. The first kappa shape index (κ1) is 14.9. The molecule has 0 aromatic carbocycles. The normalized spacial score (nSPS) is 20.7. The summed E-state index contributed by atoms with van der Waals surface area (Å²) in [5, 5.41) is 10.3. The Kier molecular flexibility index (Phi) is 5.37. The van der Waals surface area contributed by atoms with Crippen LogP contribution in [0.15, 0.2) is 0 Å². The zero-order valence-electron chi connectivity index (χ0n) is 10.7. The molecule has 1 aliphatic heterocycles. The summed E-state index contributed by atoms with van der Waals surface area (Å²) in [7, 11) is -1.08. The van der Waals surface area contributed by atoms with Crippen LogP contribution >= 0.6 is 0 Å². The van der Waals surface area contributed by atoms with Gasteiger partial charge in [0.15, 0.2) is 9.84 Å². The zero-order valence-corrected chi connectivity index (χ0v) is 11.5. The van der Waals surface area contributed by atoms with Gasteiger partial charge in [-0.1, -0.05) is 6.92 Å². The summed E-state index contributed by atoms with van der Waals surface area (Å²) in [5.74, 6) is 0.339. The minimum atomic E-state index is -2.92. The van der Waals surface area contributed by atoms with Gasteiger partial charge in [0, 0.05) is 44.9 Å².